The Hall–Kier alpha value is -3.40. The summed E-state index contributed by atoms with van der Waals surface area (Å²) in [5.41, 5.74) is -0.215. The fraction of sp³-hybridized carbons (Fsp3) is 0.500. The molecule has 0 spiro atoms. The van der Waals surface area contributed by atoms with Crippen molar-refractivity contribution in [2.75, 3.05) is 37.4 Å². The van der Waals surface area contributed by atoms with E-state index in [1.165, 1.54) is 11.7 Å². The van der Waals surface area contributed by atoms with Gasteiger partial charge in [-0.25, -0.2) is 4.79 Å². The van der Waals surface area contributed by atoms with E-state index >= 15 is 0 Å². The lowest BCUT2D eigenvalue weighted by Crippen LogP contribution is -2.44. The van der Waals surface area contributed by atoms with Crippen LogP contribution < -0.4 is 21.9 Å². The molecule has 10 heteroatoms. The van der Waals surface area contributed by atoms with Crippen LogP contribution in [0.3, 0.4) is 0 Å². The number of piperidine rings is 1. The number of carbonyl (C=O) groups excluding carboxylic acids is 2. The minimum atomic E-state index is -0.633. The normalized spacial score (nSPS) is 15.7. The molecule has 184 valence electrons. The van der Waals surface area contributed by atoms with Gasteiger partial charge in [0.2, 0.25) is 11.8 Å². The van der Waals surface area contributed by atoms with Crippen LogP contribution in [0.1, 0.15) is 38.2 Å². The van der Waals surface area contributed by atoms with Crippen molar-refractivity contribution in [3.63, 3.8) is 0 Å². The topological polar surface area (TPSA) is 126 Å². The number of ether oxygens (including phenoxy) is 1. The number of anilines is 2. The van der Waals surface area contributed by atoms with E-state index in [0.717, 1.165) is 18.4 Å². The third-order valence-corrected chi connectivity index (χ3v) is 5.88. The zero-order valence-corrected chi connectivity index (χ0v) is 19.8. The number of H-pyrrole nitrogens is 1. The van der Waals surface area contributed by atoms with Gasteiger partial charge in [-0.3, -0.25) is 23.9 Å². The van der Waals surface area contributed by atoms with Gasteiger partial charge in [-0.05, 0) is 24.8 Å². The van der Waals surface area contributed by atoms with E-state index in [0.29, 0.717) is 32.5 Å². The molecule has 1 fully saturated rings. The van der Waals surface area contributed by atoms with Crippen LogP contribution in [0.2, 0.25) is 0 Å². The molecule has 34 heavy (non-hydrogen) atoms. The number of benzene rings is 1. The lowest BCUT2D eigenvalue weighted by molar-refractivity contribution is -0.134. The number of nitrogens with one attached hydrogen (secondary N) is 3. The summed E-state index contributed by atoms with van der Waals surface area (Å²) in [5, 5.41) is 5.89. The number of rotatable bonds is 10. The van der Waals surface area contributed by atoms with E-state index in [-0.39, 0.29) is 36.5 Å². The maximum Gasteiger partial charge on any atom is 0.330 e. The minimum absolute atomic E-state index is 0.0402. The predicted octanol–water partition coefficient (Wildman–Crippen LogP) is 1.77. The van der Waals surface area contributed by atoms with Crippen molar-refractivity contribution in [2.24, 2.45) is 5.92 Å². The Morgan fingerprint density at radius 2 is 1.97 bits per heavy atom. The average molecular weight is 472 g/mol. The second-order valence-corrected chi connectivity index (χ2v) is 8.38. The predicted molar refractivity (Wildman–Crippen MR) is 130 cm³/mol. The van der Waals surface area contributed by atoms with Crippen molar-refractivity contribution >= 4 is 23.3 Å². The van der Waals surface area contributed by atoms with Crippen molar-refractivity contribution in [1.82, 2.24) is 14.5 Å². The molecule has 2 aromatic rings. The highest BCUT2D eigenvalue weighted by Crippen LogP contribution is 2.22. The van der Waals surface area contributed by atoms with Gasteiger partial charge in [0.05, 0.1) is 19.1 Å². The highest BCUT2D eigenvalue weighted by molar-refractivity contribution is 5.95. The number of hydrogen-bond acceptors (Lipinski definition) is 6. The smallest absolute Gasteiger partial charge is 0.330 e. The van der Waals surface area contributed by atoms with Gasteiger partial charge < -0.3 is 20.3 Å². The molecule has 0 radical (unpaired) electrons. The van der Waals surface area contributed by atoms with Gasteiger partial charge >= 0.3 is 5.69 Å². The molecule has 0 saturated carbocycles. The molecule has 1 aliphatic rings. The van der Waals surface area contributed by atoms with E-state index in [4.69, 9.17) is 4.74 Å². The van der Waals surface area contributed by atoms with E-state index in [1.807, 2.05) is 37.3 Å². The van der Waals surface area contributed by atoms with Gasteiger partial charge in [0.25, 0.3) is 5.56 Å². The second-order valence-electron chi connectivity index (χ2n) is 8.38. The van der Waals surface area contributed by atoms with E-state index in [1.54, 1.807) is 4.90 Å². The maximum atomic E-state index is 13.2. The van der Waals surface area contributed by atoms with Crippen LogP contribution in [-0.2, 0) is 27.4 Å². The van der Waals surface area contributed by atoms with Crippen LogP contribution in [-0.4, -0.2) is 53.1 Å². The lowest BCUT2D eigenvalue weighted by Gasteiger charge is -2.32. The van der Waals surface area contributed by atoms with Gasteiger partial charge in [-0.1, -0.05) is 37.3 Å². The Balaban J connectivity index is 1.87. The molecular formula is C24H33N5O5. The highest BCUT2D eigenvalue weighted by Gasteiger charge is 2.29. The number of likely N-dealkylation sites (tertiary alicyclic amines) is 1. The molecule has 1 unspecified atom stereocenters. The van der Waals surface area contributed by atoms with E-state index in [2.05, 4.69) is 15.6 Å². The first-order chi connectivity index (χ1) is 16.4. The first-order valence-corrected chi connectivity index (χ1v) is 11.7. The molecule has 3 N–H and O–H groups in total. The summed E-state index contributed by atoms with van der Waals surface area (Å²) in [4.78, 5) is 54.9. The third-order valence-electron chi connectivity index (χ3n) is 5.88. The maximum absolute atomic E-state index is 13.2. The van der Waals surface area contributed by atoms with Crippen molar-refractivity contribution in [1.29, 1.82) is 0 Å². The number of nitrogens with zero attached hydrogens (tertiary/aromatic N) is 2. The molecule has 1 atom stereocenters. The Kier molecular flexibility index (Phi) is 9.03. The van der Waals surface area contributed by atoms with Crippen LogP contribution in [0.4, 0.5) is 11.5 Å². The number of aromatic nitrogens is 2. The summed E-state index contributed by atoms with van der Waals surface area (Å²) < 4.78 is 6.40. The largest absolute Gasteiger partial charge is 0.383 e. The summed E-state index contributed by atoms with van der Waals surface area (Å²) in [6.07, 6.45) is 2.55. The van der Waals surface area contributed by atoms with Gasteiger partial charge in [0, 0.05) is 33.2 Å². The van der Waals surface area contributed by atoms with Crippen LogP contribution in [0, 0.1) is 5.92 Å². The van der Waals surface area contributed by atoms with Crippen molar-refractivity contribution < 1.29 is 14.3 Å². The second kappa shape index (κ2) is 12.2. The van der Waals surface area contributed by atoms with Crippen LogP contribution >= 0.6 is 0 Å². The molecule has 1 aromatic carbocycles. The number of aromatic amines is 1. The van der Waals surface area contributed by atoms with Gasteiger partial charge in [0.1, 0.15) is 11.5 Å². The fourth-order valence-electron chi connectivity index (χ4n) is 4.06. The molecule has 3 rings (SSSR count). The Morgan fingerprint density at radius 3 is 2.68 bits per heavy atom. The molecule has 2 heterocycles. The first kappa shape index (κ1) is 25.2. The molecule has 0 aliphatic carbocycles. The summed E-state index contributed by atoms with van der Waals surface area (Å²) in [6.45, 7) is 3.60. The zero-order valence-electron chi connectivity index (χ0n) is 19.8. The van der Waals surface area contributed by atoms with Gasteiger partial charge in [-0.2, -0.15) is 0 Å². The SMILES string of the molecule is CCCC(=O)N1CCCC(C(=O)Nc2c(NCc3ccccc3)c(=O)[nH]c(=O)n2CCOC)C1. The molecule has 2 amide bonds. The summed E-state index contributed by atoms with van der Waals surface area (Å²) in [7, 11) is 1.51. The van der Waals surface area contributed by atoms with Crippen molar-refractivity contribution in [2.45, 2.75) is 45.7 Å². The molecular weight excluding hydrogens is 438 g/mol. The average Bonchev–Trinajstić information content (AvgIpc) is 2.84. The van der Waals surface area contributed by atoms with Crippen LogP contribution in [0.25, 0.3) is 0 Å². The van der Waals surface area contributed by atoms with Crippen molar-refractivity contribution in [3.05, 3.63) is 56.7 Å². The van der Waals surface area contributed by atoms with Crippen LogP contribution in [0.5, 0.6) is 0 Å². The first-order valence-electron chi connectivity index (χ1n) is 11.7. The zero-order chi connectivity index (χ0) is 24.5. The number of amides is 2. The standard InChI is InChI=1S/C24H33N5O5/c1-3-8-19(30)28-12-7-11-18(16-28)22(31)26-21-20(25-15-17-9-5-4-6-10-17)23(32)27-24(33)29(21)13-14-34-2/h4-6,9-10,18,25H,3,7-8,11-16H2,1-2H3,(H,26,31)(H,27,32,33). The number of carbonyl (C=O) groups is 2. The number of methoxy groups -OCH3 is 1. The quantitative estimate of drug-likeness (QED) is 0.485. The summed E-state index contributed by atoms with van der Waals surface area (Å²) >= 11 is 0. The molecule has 1 aromatic heterocycles. The van der Waals surface area contributed by atoms with E-state index < -0.39 is 17.2 Å². The summed E-state index contributed by atoms with van der Waals surface area (Å²) in [6, 6.07) is 9.48. The molecule has 10 nitrogen and oxygen atoms in total. The van der Waals surface area contributed by atoms with Crippen LogP contribution in [0.15, 0.2) is 39.9 Å². The molecule has 1 aliphatic heterocycles. The summed E-state index contributed by atoms with van der Waals surface area (Å²) in [5.74, 6) is -0.614. The third kappa shape index (κ3) is 6.34. The lowest BCUT2D eigenvalue weighted by atomic mass is 9.96. The fourth-order valence-corrected chi connectivity index (χ4v) is 4.06. The Bertz CT molecular complexity index is 1100. The van der Waals surface area contributed by atoms with Gasteiger partial charge in [0.15, 0.2) is 0 Å². The minimum Gasteiger partial charge on any atom is -0.383 e. The highest BCUT2D eigenvalue weighted by atomic mass is 16.5. The number of hydrogen-bond donors (Lipinski definition) is 3. The Morgan fingerprint density at radius 1 is 1.21 bits per heavy atom. The monoisotopic (exact) mass is 471 g/mol. The van der Waals surface area contributed by atoms with E-state index in [9.17, 15) is 19.2 Å². The van der Waals surface area contributed by atoms with Gasteiger partial charge in [-0.15, -0.1) is 0 Å². The van der Waals surface area contributed by atoms with Crippen molar-refractivity contribution in [3.8, 4) is 0 Å². The molecule has 1 saturated heterocycles. The Labute approximate surface area is 198 Å². The molecule has 0 bridgehead atoms.